The minimum Gasteiger partial charge on any atom is -0.481 e. The second kappa shape index (κ2) is 8.92. The van der Waals surface area contributed by atoms with Gasteiger partial charge in [-0.15, -0.1) is 0 Å². The molecule has 4 rings (SSSR count). The van der Waals surface area contributed by atoms with Gasteiger partial charge in [-0.25, -0.2) is 4.98 Å². The van der Waals surface area contributed by atoms with E-state index >= 15 is 0 Å². The first-order valence-corrected chi connectivity index (χ1v) is 10.7. The van der Waals surface area contributed by atoms with Crippen LogP contribution in [0.1, 0.15) is 49.1 Å². The van der Waals surface area contributed by atoms with Crippen molar-refractivity contribution in [2.24, 2.45) is 5.92 Å². The molecule has 0 amide bonds. The second-order valence-corrected chi connectivity index (χ2v) is 8.46. The molecule has 0 bridgehead atoms. The summed E-state index contributed by atoms with van der Waals surface area (Å²) < 4.78 is 5.86. The molecule has 0 radical (unpaired) electrons. The van der Waals surface area contributed by atoms with Gasteiger partial charge in [0.2, 0.25) is 0 Å². The van der Waals surface area contributed by atoms with E-state index < -0.39 is 5.97 Å². The summed E-state index contributed by atoms with van der Waals surface area (Å²) in [6.07, 6.45) is 6.07. The fourth-order valence-corrected chi connectivity index (χ4v) is 4.31. The van der Waals surface area contributed by atoms with Gasteiger partial charge in [0.05, 0.1) is 6.20 Å². The van der Waals surface area contributed by atoms with Crippen molar-refractivity contribution in [1.82, 2.24) is 4.98 Å². The number of carboxylic acid groups (broad SMARTS) is 1. The van der Waals surface area contributed by atoms with Crippen molar-refractivity contribution in [3.63, 3.8) is 0 Å². The Bertz CT molecular complexity index is 1020. The fraction of sp³-hybridized carbons (Fsp3) is 0.333. The Balaban J connectivity index is 1.39. The topological polar surface area (TPSA) is 75.4 Å². The zero-order valence-electron chi connectivity index (χ0n) is 16.9. The molecule has 1 aliphatic carbocycles. The van der Waals surface area contributed by atoms with Gasteiger partial charge in [0.25, 0.3) is 6.01 Å². The molecule has 6 heteroatoms. The van der Waals surface area contributed by atoms with Crippen molar-refractivity contribution in [2.75, 3.05) is 5.32 Å². The number of aliphatic carboxylic acids is 1. The van der Waals surface area contributed by atoms with Crippen LogP contribution in [0.25, 0.3) is 11.3 Å². The van der Waals surface area contributed by atoms with Crippen molar-refractivity contribution >= 4 is 29.3 Å². The first kappa shape index (κ1) is 20.5. The van der Waals surface area contributed by atoms with Gasteiger partial charge in [-0.05, 0) is 67.7 Å². The predicted octanol–water partition coefficient (Wildman–Crippen LogP) is 6.80. The number of nitrogens with zero attached hydrogens (tertiary/aromatic N) is 1. The summed E-state index contributed by atoms with van der Waals surface area (Å²) in [5, 5.41) is 12.8. The number of hydrogen-bond acceptors (Lipinski definition) is 4. The van der Waals surface area contributed by atoms with E-state index in [-0.39, 0.29) is 0 Å². The lowest BCUT2D eigenvalue weighted by molar-refractivity contribution is -0.138. The molecular formula is C24H25ClN2O3. The molecule has 3 aromatic rings. The molecule has 5 nitrogen and oxygen atoms in total. The number of halogens is 1. The maximum atomic E-state index is 10.9. The van der Waals surface area contributed by atoms with Crippen molar-refractivity contribution in [2.45, 2.75) is 44.9 Å². The molecule has 1 saturated carbocycles. The van der Waals surface area contributed by atoms with E-state index in [2.05, 4.69) is 34.6 Å². The van der Waals surface area contributed by atoms with Crippen LogP contribution in [0.15, 0.2) is 53.1 Å². The minimum atomic E-state index is -0.686. The molecule has 1 fully saturated rings. The van der Waals surface area contributed by atoms with Crippen LogP contribution in [-0.2, 0) is 4.79 Å². The quantitative estimate of drug-likeness (QED) is 0.455. The average molecular weight is 425 g/mol. The Morgan fingerprint density at radius 3 is 2.57 bits per heavy atom. The fourth-order valence-electron chi connectivity index (χ4n) is 4.13. The molecule has 0 unspecified atom stereocenters. The van der Waals surface area contributed by atoms with Crippen LogP contribution in [0, 0.1) is 12.8 Å². The summed E-state index contributed by atoms with van der Waals surface area (Å²) in [5.41, 5.74) is 4.12. The lowest BCUT2D eigenvalue weighted by atomic mass is 9.77. The number of carbonyl (C=O) groups is 1. The largest absolute Gasteiger partial charge is 0.481 e. The molecule has 2 N–H and O–H groups in total. The second-order valence-electron chi connectivity index (χ2n) is 8.06. The molecule has 1 aromatic heterocycles. The summed E-state index contributed by atoms with van der Waals surface area (Å²) >= 11 is 6.17. The molecule has 30 heavy (non-hydrogen) atoms. The number of aromatic nitrogens is 1. The zero-order valence-corrected chi connectivity index (χ0v) is 17.7. The molecule has 0 aliphatic heterocycles. The van der Waals surface area contributed by atoms with E-state index in [0.29, 0.717) is 35.1 Å². The third-order valence-electron chi connectivity index (χ3n) is 5.91. The third kappa shape index (κ3) is 4.85. The number of hydrogen-bond donors (Lipinski definition) is 2. The smallest absolute Gasteiger partial charge is 0.303 e. The highest BCUT2D eigenvalue weighted by Gasteiger charge is 2.24. The lowest BCUT2D eigenvalue weighted by Gasteiger charge is -2.28. The van der Waals surface area contributed by atoms with Gasteiger partial charge in [0, 0.05) is 22.7 Å². The molecule has 0 atom stereocenters. The Morgan fingerprint density at radius 2 is 1.90 bits per heavy atom. The van der Waals surface area contributed by atoms with Crippen LogP contribution in [0.4, 0.5) is 11.7 Å². The van der Waals surface area contributed by atoms with Gasteiger partial charge in [0.1, 0.15) is 0 Å². The van der Waals surface area contributed by atoms with Crippen LogP contribution < -0.4 is 5.32 Å². The molecule has 156 valence electrons. The normalized spacial score (nSPS) is 18.9. The summed E-state index contributed by atoms with van der Waals surface area (Å²) in [6.45, 7) is 1.96. The third-order valence-corrected chi connectivity index (χ3v) is 6.31. The number of rotatable bonds is 6. The standard InChI is InChI=1S/C24H25ClN2O3/c1-15-2-11-20(13-21(15)25)27-24-26-14-22(30-24)19-9-7-18(8-10-19)17-5-3-16(4-6-17)12-23(28)29/h2,7-11,13-14,16-17H,3-6,12H2,1H3,(H,26,27)(H,28,29). The van der Waals surface area contributed by atoms with Crippen molar-refractivity contribution in [1.29, 1.82) is 0 Å². The molecule has 0 spiro atoms. The van der Waals surface area contributed by atoms with E-state index in [1.54, 1.807) is 6.20 Å². The average Bonchev–Trinajstić information content (AvgIpc) is 3.19. The zero-order chi connectivity index (χ0) is 21.1. The maximum Gasteiger partial charge on any atom is 0.303 e. The van der Waals surface area contributed by atoms with Crippen LogP contribution in [0.5, 0.6) is 0 Å². The van der Waals surface area contributed by atoms with Gasteiger partial charge in [-0.2, -0.15) is 0 Å². The Morgan fingerprint density at radius 1 is 1.17 bits per heavy atom. The Kier molecular flexibility index (Phi) is 6.09. The molecule has 1 aliphatic rings. The monoisotopic (exact) mass is 424 g/mol. The maximum absolute atomic E-state index is 10.9. The van der Waals surface area contributed by atoms with Gasteiger partial charge in [-0.1, -0.05) is 41.9 Å². The van der Waals surface area contributed by atoms with E-state index in [1.165, 1.54) is 5.56 Å². The molecule has 2 aromatic carbocycles. The minimum absolute atomic E-state index is 0.294. The number of anilines is 2. The first-order chi connectivity index (χ1) is 14.5. The number of oxazole rings is 1. The van der Waals surface area contributed by atoms with Gasteiger partial charge >= 0.3 is 5.97 Å². The highest BCUT2D eigenvalue weighted by atomic mass is 35.5. The summed E-state index contributed by atoms with van der Waals surface area (Å²) in [5.74, 6) is 0.838. The van der Waals surface area contributed by atoms with E-state index in [4.69, 9.17) is 21.1 Å². The van der Waals surface area contributed by atoms with Crippen LogP contribution >= 0.6 is 11.6 Å². The number of carboxylic acids is 1. The highest BCUT2D eigenvalue weighted by molar-refractivity contribution is 6.31. The molecular weight excluding hydrogens is 400 g/mol. The highest BCUT2D eigenvalue weighted by Crippen LogP contribution is 2.37. The van der Waals surface area contributed by atoms with Crippen LogP contribution in [0.3, 0.4) is 0 Å². The number of nitrogens with one attached hydrogen (secondary N) is 1. The summed E-state index contributed by atoms with van der Waals surface area (Å²) in [7, 11) is 0. The summed E-state index contributed by atoms with van der Waals surface area (Å²) in [4.78, 5) is 15.2. The van der Waals surface area contributed by atoms with Crippen LogP contribution in [-0.4, -0.2) is 16.1 Å². The van der Waals surface area contributed by atoms with Crippen molar-refractivity contribution in [3.8, 4) is 11.3 Å². The van der Waals surface area contributed by atoms with E-state index in [0.717, 1.165) is 42.5 Å². The Labute approximate surface area is 181 Å². The number of aryl methyl sites for hydroxylation is 1. The summed E-state index contributed by atoms with van der Waals surface area (Å²) in [6, 6.07) is 14.6. The molecule has 0 saturated heterocycles. The predicted molar refractivity (Wildman–Crippen MR) is 118 cm³/mol. The molecule has 1 heterocycles. The number of benzene rings is 2. The van der Waals surface area contributed by atoms with E-state index in [9.17, 15) is 4.79 Å². The van der Waals surface area contributed by atoms with E-state index in [1.807, 2.05) is 25.1 Å². The van der Waals surface area contributed by atoms with Gasteiger partial charge in [-0.3, -0.25) is 4.79 Å². The first-order valence-electron chi connectivity index (χ1n) is 10.3. The van der Waals surface area contributed by atoms with Crippen LogP contribution in [0.2, 0.25) is 5.02 Å². The lowest BCUT2D eigenvalue weighted by Crippen LogP contribution is -2.16. The van der Waals surface area contributed by atoms with Gasteiger partial charge < -0.3 is 14.8 Å². The SMILES string of the molecule is Cc1ccc(Nc2ncc(-c3ccc(C4CCC(CC(=O)O)CC4)cc3)o2)cc1Cl. The van der Waals surface area contributed by atoms with Gasteiger partial charge in [0.15, 0.2) is 5.76 Å². The van der Waals surface area contributed by atoms with Crippen molar-refractivity contribution in [3.05, 3.63) is 64.8 Å². The van der Waals surface area contributed by atoms with Crippen molar-refractivity contribution < 1.29 is 14.3 Å². The Hall–Kier alpha value is -2.79.